The van der Waals surface area contributed by atoms with Crippen molar-refractivity contribution in [2.75, 3.05) is 7.05 Å². The molecule has 3 rings (SSSR count). The van der Waals surface area contributed by atoms with E-state index in [9.17, 15) is 22.8 Å². The molecule has 0 aliphatic rings. The standard InChI is InChI=1S/C20H18F3N3O2/c1-26(12-13-6-2-4-8-15(13)20(21,22)23)18(27)11-10-17-24-16-9-5-3-7-14(16)19(28)25-17/h2-9H,10-12H2,1H3,(H,24,25,28). The Labute approximate surface area is 158 Å². The third-order valence-corrected chi connectivity index (χ3v) is 4.39. The number of rotatable bonds is 5. The molecule has 0 aliphatic carbocycles. The highest BCUT2D eigenvalue weighted by Gasteiger charge is 2.33. The molecule has 0 atom stereocenters. The number of carbonyl (C=O) groups is 1. The molecule has 0 fully saturated rings. The topological polar surface area (TPSA) is 66.1 Å². The van der Waals surface area contributed by atoms with E-state index in [-0.39, 0.29) is 36.4 Å². The SMILES string of the molecule is CN(Cc1ccccc1C(F)(F)F)C(=O)CCc1nc2ccccc2c(=O)[nH]1. The van der Waals surface area contributed by atoms with Crippen LogP contribution in [0.3, 0.4) is 0 Å². The number of benzene rings is 2. The molecule has 8 heteroatoms. The number of nitrogens with one attached hydrogen (secondary N) is 1. The first-order chi connectivity index (χ1) is 13.3. The van der Waals surface area contributed by atoms with E-state index >= 15 is 0 Å². The van der Waals surface area contributed by atoms with Crippen LogP contribution in [-0.4, -0.2) is 27.8 Å². The van der Waals surface area contributed by atoms with Gasteiger partial charge >= 0.3 is 6.18 Å². The van der Waals surface area contributed by atoms with Gasteiger partial charge in [0.2, 0.25) is 5.91 Å². The number of nitrogens with zero attached hydrogens (tertiary/aromatic N) is 2. The zero-order valence-corrected chi connectivity index (χ0v) is 15.1. The molecule has 1 N–H and O–H groups in total. The predicted molar refractivity (Wildman–Crippen MR) is 98.6 cm³/mol. The third-order valence-electron chi connectivity index (χ3n) is 4.39. The van der Waals surface area contributed by atoms with Crippen LogP contribution >= 0.6 is 0 Å². The summed E-state index contributed by atoms with van der Waals surface area (Å²) in [4.78, 5) is 32.6. The number of aromatic amines is 1. The van der Waals surface area contributed by atoms with Crippen LogP contribution in [0.2, 0.25) is 0 Å². The minimum Gasteiger partial charge on any atom is -0.341 e. The summed E-state index contributed by atoms with van der Waals surface area (Å²) in [6.07, 6.45) is -4.27. The molecule has 2 aromatic carbocycles. The Morgan fingerprint density at radius 2 is 1.79 bits per heavy atom. The van der Waals surface area contributed by atoms with Gasteiger partial charge in [0.25, 0.3) is 5.56 Å². The Bertz CT molecular complexity index is 1060. The summed E-state index contributed by atoms with van der Waals surface area (Å²) in [6.45, 7) is -0.157. The van der Waals surface area contributed by atoms with Crippen LogP contribution < -0.4 is 5.56 Å². The van der Waals surface area contributed by atoms with Crippen LogP contribution in [0.15, 0.2) is 53.3 Å². The van der Waals surface area contributed by atoms with Gasteiger partial charge in [0.15, 0.2) is 0 Å². The number of hydrogen-bond donors (Lipinski definition) is 1. The number of aryl methyl sites for hydroxylation is 1. The summed E-state index contributed by atoms with van der Waals surface area (Å²) in [7, 11) is 1.45. The smallest absolute Gasteiger partial charge is 0.341 e. The van der Waals surface area contributed by atoms with Gasteiger partial charge in [-0.2, -0.15) is 13.2 Å². The lowest BCUT2D eigenvalue weighted by Gasteiger charge is -2.20. The van der Waals surface area contributed by atoms with E-state index in [0.29, 0.717) is 16.7 Å². The number of aromatic nitrogens is 2. The lowest BCUT2D eigenvalue weighted by molar-refractivity contribution is -0.139. The summed E-state index contributed by atoms with van der Waals surface area (Å²) >= 11 is 0. The maximum absolute atomic E-state index is 13.1. The van der Waals surface area contributed by atoms with Crippen molar-refractivity contribution >= 4 is 16.8 Å². The molecule has 5 nitrogen and oxygen atoms in total. The third kappa shape index (κ3) is 4.39. The molecule has 0 unspecified atom stereocenters. The molecule has 0 aliphatic heterocycles. The zero-order valence-electron chi connectivity index (χ0n) is 15.1. The van der Waals surface area contributed by atoms with Gasteiger partial charge in [-0.1, -0.05) is 30.3 Å². The number of para-hydroxylation sites is 1. The summed E-state index contributed by atoms with van der Waals surface area (Å²) in [5.41, 5.74) is -0.486. The van der Waals surface area contributed by atoms with E-state index in [4.69, 9.17) is 0 Å². The van der Waals surface area contributed by atoms with Crippen molar-refractivity contribution in [3.63, 3.8) is 0 Å². The first kappa shape index (κ1) is 19.6. The zero-order chi connectivity index (χ0) is 20.3. The second-order valence-electron chi connectivity index (χ2n) is 6.43. The molecule has 1 aromatic heterocycles. The number of carbonyl (C=O) groups excluding carboxylic acids is 1. The van der Waals surface area contributed by atoms with Crippen molar-refractivity contribution in [2.24, 2.45) is 0 Å². The largest absolute Gasteiger partial charge is 0.416 e. The molecular formula is C20H18F3N3O2. The monoisotopic (exact) mass is 389 g/mol. The summed E-state index contributed by atoms with van der Waals surface area (Å²) < 4.78 is 39.3. The Kier molecular flexibility index (Phi) is 5.48. The average molecular weight is 389 g/mol. The molecule has 0 saturated carbocycles. The van der Waals surface area contributed by atoms with Crippen molar-refractivity contribution < 1.29 is 18.0 Å². The van der Waals surface area contributed by atoms with Crippen molar-refractivity contribution in [1.82, 2.24) is 14.9 Å². The molecule has 146 valence electrons. The van der Waals surface area contributed by atoms with E-state index in [1.807, 2.05) is 0 Å². The molecule has 0 bridgehead atoms. The number of amides is 1. The predicted octanol–water partition coefficient (Wildman–Crippen LogP) is 3.53. The van der Waals surface area contributed by atoms with Gasteiger partial charge in [-0.3, -0.25) is 9.59 Å². The molecular weight excluding hydrogens is 371 g/mol. The molecule has 0 spiro atoms. The number of hydrogen-bond acceptors (Lipinski definition) is 3. The van der Waals surface area contributed by atoms with Crippen molar-refractivity contribution in [1.29, 1.82) is 0 Å². The summed E-state index contributed by atoms with van der Waals surface area (Å²) in [5, 5.41) is 0.457. The fourth-order valence-electron chi connectivity index (χ4n) is 2.95. The lowest BCUT2D eigenvalue weighted by atomic mass is 10.1. The average Bonchev–Trinajstić information content (AvgIpc) is 2.65. The number of H-pyrrole nitrogens is 1. The van der Waals surface area contributed by atoms with Crippen LogP contribution in [0.1, 0.15) is 23.4 Å². The molecule has 1 amide bonds. The fraction of sp³-hybridized carbons (Fsp3) is 0.250. The van der Waals surface area contributed by atoms with Crippen LogP contribution in [-0.2, 0) is 23.9 Å². The maximum Gasteiger partial charge on any atom is 0.416 e. The Balaban J connectivity index is 1.68. The van der Waals surface area contributed by atoms with Gasteiger partial charge in [-0.25, -0.2) is 4.98 Å². The first-order valence-electron chi connectivity index (χ1n) is 8.62. The highest BCUT2D eigenvalue weighted by molar-refractivity contribution is 5.78. The second kappa shape index (κ2) is 7.84. The summed E-state index contributed by atoms with van der Waals surface area (Å²) in [6, 6.07) is 12.0. The number of halogens is 3. The van der Waals surface area contributed by atoms with Crippen molar-refractivity contribution in [3.8, 4) is 0 Å². The minimum atomic E-state index is -4.48. The minimum absolute atomic E-state index is 0.0198. The molecule has 3 aromatic rings. The maximum atomic E-state index is 13.1. The van der Waals surface area contributed by atoms with E-state index in [1.54, 1.807) is 24.3 Å². The van der Waals surface area contributed by atoms with Gasteiger partial charge in [-0.05, 0) is 23.8 Å². The number of alkyl halides is 3. The lowest BCUT2D eigenvalue weighted by Crippen LogP contribution is -2.28. The summed E-state index contributed by atoms with van der Waals surface area (Å²) in [5.74, 6) is 0.0222. The molecule has 0 saturated heterocycles. The van der Waals surface area contributed by atoms with Gasteiger partial charge < -0.3 is 9.88 Å². The van der Waals surface area contributed by atoms with Gasteiger partial charge in [-0.15, -0.1) is 0 Å². The molecule has 28 heavy (non-hydrogen) atoms. The Morgan fingerprint density at radius 3 is 2.54 bits per heavy atom. The van der Waals surface area contributed by atoms with Crippen molar-refractivity contribution in [2.45, 2.75) is 25.6 Å². The first-order valence-corrected chi connectivity index (χ1v) is 8.62. The second-order valence-corrected chi connectivity index (χ2v) is 6.43. The van der Waals surface area contributed by atoms with E-state index in [2.05, 4.69) is 9.97 Å². The van der Waals surface area contributed by atoms with E-state index in [0.717, 1.165) is 6.07 Å². The van der Waals surface area contributed by atoms with Crippen LogP contribution in [0.5, 0.6) is 0 Å². The quantitative estimate of drug-likeness (QED) is 0.726. The van der Waals surface area contributed by atoms with Gasteiger partial charge in [0, 0.05) is 26.4 Å². The molecule has 1 heterocycles. The Hall–Kier alpha value is -3.16. The van der Waals surface area contributed by atoms with Gasteiger partial charge in [0.1, 0.15) is 5.82 Å². The van der Waals surface area contributed by atoms with Gasteiger partial charge in [0.05, 0.1) is 16.5 Å². The van der Waals surface area contributed by atoms with Crippen LogP contribution in [0.25, 0.3) is 10.9 Å². The Morgan fingerprint density at radius 1 is 1.11 bits per heavy atom. The number of fused-ring (bicyclic) bond motifs is 1. The van der Waals surface area contributed by atoms with E-state index < -0.39 is 11.7 Å². The normalized spacial score (nSPS) is 11.6. The molecule has 0 radical (unpaired) electrons. The fourth-order valence-corrected chi connectivity index (χ4v) is 2.95. The van der Waals surface area contributed by atoms with E-state index in [1.165, 1.54) is 30.1 Å². The van der Waals surface area contributed by atoms with Crippen molar-refractivity contribution in [3.05, 3.63) is 75.8 Å². The highest BCUT2D eigenvalue weighted by atomic mass is 19.4. The van der Waals surface area contributed by atoms with Crippen LogP contribution in [0, 0.1) is 0 Å². The van der Waals surface area contributed by atoms with Crippen LogP contribution in [0.4, 0.5) is 13.2 Å². The highest BCUT2D eigenvalue weighted by Crippen LogP contribution is 2.32.